The van der Waals surface area contributed by atoms with Gasteiger partial charge in [-0.1, -0.05) is 6.58 Å². The molecule has 0 saturated heterocycles. The molecule has 0 heterocycles. The number of rotatable bonds is 3. The van der Waals surface area contributed by atoms with Gasteiger partial charge >= 0.3 is 5.97 Å². The van der Waals surface area contributed by atoms with Gasteiger partial charge in [0.15, 0.2) is 0 Å². The lowest BCUT2D eigenvalue weighted by molar-refractivity contribution is -0.137. The van der Waals surface area contributed by atoms with Crippen molar-refractivity contribution in [2.45, 2.75) is 13.0 Å². The van der Waals surface area contributed by atoms with E-state index in [0.717, 1.165) is 0 Å². The van der Waals surface area contributed by atoms with Crippen LogP contribution in [0.15, 0.2) is 12.2 Å². The summed E-state index contributed by atoms with van der Waals surface area (Å²) in [5.74, 6) is -0.422. The molecule has 76 valence electrons. The zero-order valence-electron chi connectivity index (χ0n) is 7.94. The average Bonchev–Trinajstić information content (AvgIpc) is 2.15. The first-order valence-corrected chi connectivity index (χ1v) is 3.42. The molecular formula is C8H14O5. The van der Waals surface area contributed by atoms with Crippen LogP contribution in [0.2, 0.25) is 0 Å². The highest BCUT2D eigenvalue weighted by molar-refractivity contribution is 5.88. The molecule has 0 aliphatic heterocycles. The van der Waals surface area contributed by atoms with Crippen molar-refractivity contribution in [3.8, 4) is 0 Å². The molecule has 0 amide bonds. The molecule has 0 aromatic heterocycles. The van der Waals surface area contributed by atoms with Crippen LogP contribution in [-0.2, 0) is 19.1 Å². The molecule has 0 aromatic carbocycles. The maximum atomic E-state index is 10.7. The van der Waals surface area contributed by atoms with Gasteiger partial charge in [0.25, 0.3) is 6.47 Å². The molecular weight excluding hydrogens is 176 g/mol. The van der Waals surface area contributed by atoms with Gasteiger partial charge in [0.2, 0.25) is 0 Å². The quantitative estimate of drug-likeness (QED) is 0.397. The van der Waals surface area contributed by atoms with Crippen molar-refractivity contribution in [3.05, 3.63) is 12.2 Å². The molecule has 1 atom stereocenters. The molecule has 0 radical (unpaired) electrons. The van der Waals surface area contributed by atoms with Gasteiger partial charge in [-0.25, -0.2) is 4.79 Å². The summed E-state index contributed by atoms with van der Waals surface area (Å²) in [6.07, 6.45) is -0.271. The first-order chi connectivity index (χ1) is 6.04. The first-order valence-electron chi connectivity index (χ1n) is 3.42. The molecule has 13 heavy (non-hydrogen) atoms. The lowest BCUT2D eigenvalue weighted by Gasteiger charge is -2.09. The highest BCUT2D eigenvalue weighted by atomic mass is 16.5. The highest BCUT2D eigenvalue weighted by Crippen LogP contribution is 2.03. The number of esters is 1. The first kappa shape index (κ1) is 14.2. The van der Waals surface area contributed by atoms with Crippen molar-refractivity contribution in [1.82, 2.24) is 0 Å². The van der Waals surface area contributed by atoms with Crippen LogP contribution in [0.5, 0.6) is 0 Å². The monoisotopic (exact) mass is 190 g/mol. The Hall–Kier alpha value is -1.36. The summed E-state index contributed by atoms with van der Waals surface area (Å²) < 4.78 is 9.25. The zero-order chi connectivity index (χ0) is 10.9. The fourth-order valence-corrected chi connectivity index (χ4v) is 0.439. The van der Waals surface area contributed by atoms with Gasteiger partial charge in [-0.15, -0.1) is 0 Å². The van der Waals surface area contributed by atoms with E-state index in [2.05, 4.69) is 11.3 Å². The molecule has 1 N–H and O–H groups in total. The summed E-state index contributed by atoms with van der Waals surface area (Å²) in [4.78, 5) is 19.1. The van der Waals surface area contributed by atoms with Crippen LogP contribution in [0.1, 0.15) is 6.92 Å². The number of methoxy groups -OCH3 is 2. The third-order valence-electron chi connectivity index (χ3n) is 1.29. The molecule has 0 aromatic rings. The maximum absolute atomic E-state index is 10.7. The lowest BCUT2D eigenvalue weighted by atomic mass is 10.2. The zero-order valence-corrected chi connectivity index (χ0v) is 7.94. The van der Waals surface area contributed by atoms with Gasteiger partial charge < -0.3 is 14.6 Å². The Morgan fingerprint density at radius 2 is 1.92 bits per heavy atom. The molecule has 0 fully saturated rings. The topological polar surface area (TPSA) is 72.8 Å². The van der Waals surface area contributed by atoms with Gasteiger partial charge in [0.1, 0.15) is 0 Å². The van der Waals surface area contributed by atoms with Gasteiger partial charge in [0, 0.05) is 7.11 Å². The summed E-state index contributed by atoms with van der Waals surface area (Å²) in [5.41, 5.74) is 0.338. The Balaban J connectivity index is 0. The summed E-state index contributed by atoms with van der Waals surface area (Å²) >= 11 is 0. The van der Waals surface area contributed by atoms with Crippen LogP contribution in [0.25, 0.3) is 0 Å². The Labute approximate surface area is 77.0 Å². The number of hydrogen-bond acceptors (Lipinski definition) is 4. The molecule has 1 unspecified atom stereocenters. The Morgan fingerprint density at radius 1 is 1.54 bits per heavy atom. The number of hydrogen-bond donors (Lipinski definition) is 1. The Bertz CT molecular complexity index is 175. The van der Waals surface area contributed by atoms with Crippen molar-refractivity contribution in [1.29, 1.82) is 0 Å². The van der Waals surface area contributed by atoms with Crippen molar-refractivity contribution in [2.24, 2.45) is 0 Å². The average molecular weight is 190 g/mol. The second kappa shape index (κ2) is 8.73. The standard InChI is InChI=1S/C7H12O3.CH2O2/c1-5(6(2)9-3)7(8)10-4;2-1-3/h6H,1H2,2-4H3;1H,(H,2,3). The van der Waals surface area contributed by atoms with Crippen LogP contribution in [0, 0.1) is 0 Å². The van der Waals surface area contributed by atoms with Gasteiger partial charge in [-0.05, 0) is 6.92 Å². The molecule has 5 nitrogen and oxygen atoms in total. The Morgan fingerprint density at radius 3 is 2.15 bits per heavy atom. The van der Waals surface area contributed by atoms with E-state index in [1.54, 1.807) is 6.92 Å². The Kier molecular flexibility index (Phi) is 9.53. The largest absolute Gasteiger partial charge is 0.483 e. The van der Waals surface area contributed by atoms with Crippen LogP contribution in [-0.4, -0.2) is 37.9 Å². The van der Waals surface area contributed by atoms with E-state index >= 15 is 0 Å². The fraction of sp³-hybridized carbons (Fsp3) is 0.500. The number of ether oxygens (including phenoxy) is 2. The second-order valence-electron chi connectivity index (χ2n) is 2.00. The minimum Gasteiger partial charge on any atom is -0.483 e. The third-order valence-corrected chi connectivity index (χ3v) is 1.29. The maximum Gasteiger partial charge on any atom is 0.335 e. The predicted molar refractivity (Wildman–Crippen MR) is 46.3 cm³/mol. The van der Waals surface area contributed by atoms with E-state index in [9.17, 15) is 4.79 Å². The van der Waals surface area contributed by atoms with E-state index in [4.69, 9.17) is 14.6 Å². The van der Waals surface area contributed by atoms with Gasteiger partial charge in [-0.2, -0.15) is 0 Å². The van der Waals surface area contributed by atoms with Gasteiger partial charge in [0.05, 0.1) is 18.8 Å². The summed E-state index contributed by atoms with van der Waals surface area (Å²) in [6.45, 7) is 4.98. The molecule has 0 spiro atoms. The molecule has 0 rings (SSSR count). The van der Waals surface area contributed by atoms with Crippen LogP contribution >= 0.6 is 0 Å². The van der Waals surface area contributed by atoms with E-state index in [0.29, 0.717) is 5.57 Å². The van der Waals surface area contributed by atoms with E-state index in [1.807, 2.05) is 0 Å². The SMILES string of the molecule is C=C(C(=O)OC)C(C)OC.O=CO. The van der Waals surface area contributed by atoms with E-state index in [-0.39, 0.29) is 12.6 Å². The number of carboxylic acid groups (broad SMARTS) is 1. The minimum absolute atomic E-state index is 0.250. The fourth-order valence-electron chi connectivity index (χ4n) is 0.439. The minimum atomic E-state index is -0.422. The van der Waals surface area contributed by atoms with Gasteiger partial charge in [-0.3, -0.25) is 4.79 Å². The van der Waals surface area contributed by atoms with E-state index < -0.39 is 5.97 Å². The van der Waals surface area contributed by atoms with Crippen LogP contribution in [0.3, 0.4) is 0 Å². The predicted octanol–water partition coefficient (Wildman–Crippen LogP) is 0.451. The summed E-state index contributed by atoms with van der Waals surface area (Å²) in [5, 5.41) is 6.89. The molecule has 0 saturated carbocycles. The van der Waals surface area contributed by atoms with Crippen molar-refractivity contribution in [3.63, 3.8) is 0 Å². The lowest BCUT2D eigenvalue weighted by Crippen LogP contribution is -2.16. The normalized spacial score (nSPS) is 10.4. The highest BCUT2D eigenvalue weighted by Gasteiger charge is 2.13. The van der Waals surface area contributed by atoms with E-state index in [1.165, 1.54) is 14.2 Å². The molecule has 5 heteroatoms. The molecule has 0 aliphatic rings. The third kappa shape index (κ3) is 7.02. The number of carbonyl (C=O) groups excluding carboxylic acids is 1. The molecule has 0 aliphatic carbocycles. The van der Waals surface area contributed by atoms with Crippen molar-refractivity contribution >= 4 is 12.4 Å². The van der Waals surface area contributed by atoms with Crippen LogP contribution < -0.4 is 0 Å². The van der Waals surface area contributed by atoms with Crippen molar-refractivity contribution in [2.75, 3.05) is 14.2 Å². The smallest absolute Gasteiger partial charge is 0.335 e. The molecule has 0 bridgehead atoms. The summed E-state index contributed by atoms with van der Waals surface area (Å²) in [6, 6.07) is 0. The number of carbonyl (C=O) groups is 2. The van der Waals surface area contributed by atoms with Crippen LogP contribution in [0.4, 0.5) is 0 Å². The second-order valence-corrected chi connectivity index (χ2v) is 2.00. The summed E-state index contributed by atoms with van der Waals surface area (Å²) in [7, 11) is 2.83. The van der Waals surface area contributed by atoms with Crippen molar-refractivity contribution < 1.29 is 24.2 Å².